The van der Waals surface area contributed by atoms with Crippen molar-refractivity contribution in [1.29, 1.82) is 0 Å². The van der Waals surface area contributed by atoms with E-state index in [1.54, 1.807) is 26.0 Å². The molecule has 2 aromatic carbocycles. The van der Waals surface area contributed by atoms with E-state index in [0.29, 0.717) is 11.8 Å². The van der Waals surface area contributed by atoms with Crippen molar-refractivity contribution >= 4 is 40.6 Å². The summed E-state index contributed by atoms with van der Waals surface area (Å²) in [6, 6.07) is 11.0. The van der Waals surface area contributed by atoms with Gasteiger partial charge in [-0.1, -0.05) is 44.2 Å². The number of ketones is 1. The number of benzene rings is 2. The highest BCUT2D eigenvalue weighted by atomic mass is 16.4. The van der Waals surface area contributed by atoms with Gasteiger partial charge >= 0.3 is 5.97 Å². The van der Waals surface area contributed by atoms with Gasteiger partial charge in [0.1, 0.15) is 6.29 Å². The molecule has 0 fully saturated rings. The quantitative estimate of drug-likeness (QED) is 0.472. The Morgan fingerprint density at radius 1 is 0.968 bits per heavy atom. The van der Waals surface area contributed by atoms with Gasteiger partial charge < -0.3 is 20.5 Å². The number of hydrogen-bond donors (Lipinski definition) is 3. The van der Waals surface area contributed by atoms with Crippen molar-refractivity contribution in [1.82, 2.24) is 10.6 Å². The number of carbonyl (C=O) groups is 5. The number of Topliss-reactive ketones (excluding diaryl/α,β-unsaturated/α-hetero) is 1. The topological polar surface area (TPSA) is 130 Å². The van der Waals surface area contributed by atoms with E-state index in [4.69, 9.17) is 5.11 Å². The molecule has 2 unspecified atom stereocenters. The summed E-state index contributed by atoms with van der Waals surface area (Å²) in [5, 5.41) is 15.6. The summed E-state index contributed by atoms with van der Waals surface area (Å²) in [6.45, 7) is 3.58. The molecule has 0 saturated carbocycles. The summed E-state index contributed by atoms with van der Waals surface area (Å²) in [5.74, 6) is -2.72. The Hall–Kier alpha value is -3.55. The fourth-order valence-corrected chi connectivity index (χ4v) is 3.17. The summed E-state index contributed by atoms with van der Waals surface area (Å²) in [7, 11) is 0. The largest absolute Gasteiger partial charge is 0.481 e. The fraction of sp³-hybridized carbons (Fsp3) is 0.348. The maximum absolute atomic E-state index is 12.7. The van der Waals surface area contributed by atoms with Crippen LogP contribution in [0, 0.1) is 5.92 Å². The lowest BCUT2D eigenvalue weighted by molar-refractivity contribution is -0.139. The molecule has 0 radical (unpaired) electrons. The van der Waals surface area contributed by atoms with Gasteiger partial charge in [-0.25, -0.2) is 0 Å². The second-order valence-corrected chi connectivity index (χ2v) is 7.63. The van der Waals surface area contributed by atoms with Gasteiger partial charge in [-0.15, -0.1) is 0 Å². The van der Waals surface area contributed by atoms with E-state index < -0.39 is 30.4 Å². The zero-order chi connectivity index (χ0) is 23.0. The van der Waals surface area contributed by atoms with Crippen LogP contribution in [0.1, 0.15) is 43.5 Å². The minimum Gasteiger partial charge on any atom is -0.481 e. The standard InChI is InChI=1S/C23H26N2O6/c1-14(2)22(19(27)9-10-20(28)24-18(13-26)12-21(29)30)25-23(31)17-8-7-15-5-3-4-6-16(15)11-17/h3-8,11,13-14,18,22H,9-10,12H2,1-2H3,(H,24,28)(H,25,31)(H,29,30). The first-order valence-electron chi connectivity index (χ1n) is 10.00. The van der Waals surface area contributed by atoms with Crippen LogP contribution >= 0.6 is 0 Å². The Balaban J connectivity index is 1.98. The second kappa shape index (κ2) is 11.0. The first-order chi connectivity index (χ1) is 14.7. The molecule has 0 aliphatic heterocycles. The van der Waals surface area contributed by atoms with Crippen molar-refractivity contribution < 1.29 is 29.1 Å². The van der Waals surface area contributed by atoms with Gasteiger partial charge in [-0.3, -0.25) is 19.2 Å². The molecule has 164 valence electrons. The van der Waals surface area contributed by atoms with E-state index in [1.807, 2.05) is 30.3 Å². The number of carbonyl (C=O) groups excluding carboxylic acids is 4. The number of fused-ring (bicyclic) bond motifs is 1. The van der Waals surface area contributed by atoms with Crippen LogP contribution in [0.25, 0.3) is 10.8 Å². The lowest BCUT2D eigenvalue weighted by atomic mass is 9.96. The fourth-order valence-electron chi connectivity index (χ4n) is 3.17. The highest BCUT2D eigenvalue weighted by Crippen LogP contribution is 2.16. The Kier molecular flexibility index (Phi) is 8.43. The molecule has 8 heteroatoms. The van der Waals surface area contributed by atoms with Gasteiger partial charge in [-0.2, -0.15) is 0 Å². The van der Waals surface area contributed by atoms with Crippen molar-refractivity contribution in [3.63, 3.8) is 0 Å². The van der Waals surface area contributed by atoms with E-state index in [1.165, 1.54) is 0 Å². The third kappa shape index (κ3) is 7.02. The number of carboxylic acid groups (broad SMARTS) is 1. The van der Waals surface area contributed by atoms with E-state index in [2.05, 4.69) is 10.6 Å². The number of carboxylic acids is 1. The van der Waals surface area contributed by atoms with Gasteiger partial charge in [0.05, 0.1) is 18.5 Å². The van der Waals surface area contributed by atoms with Crippen molar-refractivity contribution in [2.75, 3.05) is 0 Å². The first-order valence-corrected chi connectivity index (χ1v) is 10.00. The average molecular weight is 426 g/mol. The average Bonchev–Trinajstić information content (AvgIpc) is 2.74. The van der Waals surface area contributed by atoms with Crippen molar-refractivity contribution in [2.45, 2.75) is 45.2 Å². The Bertz CT molecular complexity index is 985. The highest BCUT2D eigenvalue weighted by molar-refractivity contribution is 6.01. The number of amides is 2. The zero-order valence-corrected chi connectivity index (χ0v) is 17.5. The monoisotopic (exact) mass is 426 g/mol. The van der Waals surface area contributed by atoms with E-state index in [-0.39, 0.29) is 30.4 Å². The maximum atomic E-state index is 12.7. The predicted molar refractivity (Wildman–Crippen MR) is 115 cm³/mol. The van der Waals surface area contributed by atoms with Gasteiger partial charge in [0, 0.05) is 18.4 Å². The van der Waals surface area contributed by atoms with E-state index >= 15 is 0 Å². The smallest absolute Gasteiger partial charge is 0.305 e. The summed E-state index contributed by atoms with van der Waals surface area (Å²) in [5.41, 5.74) is 0.428. The second-order valence-electron chi connectivity index (χ2n) is 7.63. The molecular formula is C23H26N2O6. The van der Waals surface area contributed by atoms with Crippen molar-refractivity contribution in [2.24, 2.45) is 5.92 Å². The molecule has 2 amide bonds. The molecule has 31 heavy (non-hydrogen) atoms. The van der Waals surface area contributed by atoms with Gasteiger partial charge in [0.25, 0.3) is 5.91 Å². The Morgan fingerprint density at radius 3 is 2.26 bits per heavy atom. The molecule has 3 N–H and O–H groups in total. The van der Waals surface area contributed by atoms with Crippen LogP contribution in [0.15, 0.2) is 42.5 Å². The highest BCUT2D eigenvalue weighted by Gasteiger charge is 2.25. The number of aldehydes is 1. The van der Waals surface area contributed by atoms with Gasteiger partial charge in [0.2, 0.25) is 5.91 Å². The van der Waals surface area contributed by atoms with Crippen molar-refractivity contribution in [3.05, 3.63) is 48.0 Å². The SMILES string of the molecule is CC(C)C(NC(=O)c1ccc2ccccc2c1)C(=O)CCC(=O)NC(C=O)CC(=O)O. The number of nitrogens with one attached hydrogen (secondary N) is 2. The van der Waals surface area contributed by atoms with Gasteiger partial charge in [0.15, 0.2) is 5.78 Å². The lowest BCUT2D eigenvalue weighted by Crippen LogP contribution is -2.45. The third-order valence-electron chi connectivity index (χ3n) is 4.82. The van der Waals surface area contributed by atoms with Crippen LogP contribution in [0.4, 0.5) is 0 Å². The molecule has 8 nitrogen and oxygen atoms in total. The molecule has 0 aromatic heterocycles. The van der Waals surface area contributed by atoms with Crippen LogP contribution in [-0.4, -0.2) is 47.0 Å². The van der Waals surface area contributed by atoms with Crippen LogP contribution in [0.3, 0.4) is 0 Å². The molecule has 2 rings (SSSR count). The van der Waals surface area contributed by atoms with Crippen LogP contribution in [-0.2, 0) is 19.2 Å². The molecular weight excluding hydrogens is 400 g/mol. The normalized spacial score (nSPS) is 12.7. The Labute approximate surface area is 180 Å². The molecule has 2 atom stereocenters. The molecule has 2 aromatic rings. The summed E-state index contributed by atoms with van der Waals surface area (Å²) >= 11 is 0. The van der Waals surface area contributed by atoms with E-state index in [9.17, 15) is 24.0 Å². The molecule has 0 saturated heterocycles. The molecule has 0 aliphatic rings. The zero-order valence-electron chi connectivity index (χ0n) is 17.5. The molecule has 0 aliphatic carbocycles. The number of rotatable bonds is 11. The lowest BCUT2D eigenvalue weighted by Gasteiger charge is -2.21. The predicted octanol–water partition coefficient (Wildman–Crippen LogP) is 2.10. The van der Waals surface area contributed by atoms with E-state index in [0.717, 1.165) is 10.8 Å². The van der Waals surface area contributed by atoms with Crippen molar-refractivity contribution in [3.8, 4) is 0 Å². The molecule has 0 heterocycles. The summed E-state index contributed by atoms with van der Waals surface area (Å²) < 4.78 is 0. The summed E-state index contributed by atoms with van der Waals surface area (Å²) in [6.07, 6.45) is -0.544. The van der Waals surface area contributed by atoms with Crippen LogP contribution < -0.4 is 10.6 Å². The molecule has 0 bridgehead atoms. The first kappa shape index (κ1) is 23.7. The Morgan fingerprint density at radius 2 is 1.65 bits per heavy atom. The minimum absolute atomic E-state index is 0.147. The minimum atomic E-state index is -1.22. The maximum Gasteiger partial charge on any atom is 0.305 e. The number of hydrogen-bond acceptors (Lipinski definition) is 5. The van der Waals surface area contributed by atoms with Gasteiger partial charge in [-0.05, 0) is 28.8 Å². The third-order valence-corrected chi connectivity index (χ3v) is 4.82. The summed E-state index contributed by atoms with van der Waals surface area (Å²) in [4.78, 5) is 58.8. The van der Waals surface area contributed by atoms with Crippen LogP contribution in [0.2, 0.25) is 0 Å². The molecule has 0 spiro atoms. The number of aliphatic carboxylic acids is 1. The van der Waals surface area contributed by atoms with Crippen LogP contribution in [0.5, 0.6) is 0 Å².